The SMILES string of the molecule is CC(Oc1ccccc1C=NN=C1NC(=O)C(CC(=O)O)S1)C(=O)O. The highest BCUT2D eigenvalue weighted by atomic mass is 32.2. The van der Waals surface area contributed by atoms with Crippen LogP contribution in [0, 0.1) is 0 Å². The predicted octanol–water partition coefficient (Wildman–Crippen LogP) is 0.935. The number of carbonyl (C=O) groups is 3. The van der Waals surface area contributed by atoms with Crippen molar-refractivity contribution in [2.75, 3.05) is 0 Å². The first-order valence-corrected chi connectivity index (χ1v) is 8.03. The maximum Gasteiger partial charge on any atom is 0.344 e. The molecule has 1 aromatic rings. The molecule has 2 unspecified atom stereocenters. The Kier molecular flexibility index (Phi) is 6.12. The first-order chi connectivity index (χ1) is 11.9. The summed E-state index contributed by atoms with van der Waals surface area (Å²) in [4.78, 5) is 33.1. The van der Waals surface area contributed by atoms with E-state index in [1.165, 1.54) is 13.1 Å². The normalized spacial score (nSPS) is 19.8. The zero-order valence-electron chi connectivity index (χ0n) is 13.1. The van der Waals surface area contributed by atoms with Crippen molar-refractivity contribution in [2.45, 2.75) is 24.7 Å². The zero-order chi connectivity index (χ0) is 18.4. The van der Waals surface area contributed by atoms with Gasteiger partial charge in [-0.15, -0.1) is 5.10 Å². The van der Waals surface area contributed by atoms with Crippen LogP contribution in [0.5, 0.6) is 5.75 Å². The maximum atomic E-state index is 11.6. The number of hydrogen-bond acceptors (Lipinski definition) is 7. The molecule has 0 radical (unpaired) electrons. The number of amidine groups is 1. The molecule has 1 amide bonds. The van der Waals surface area contributed by atoms with Gasteiger partial charge in [0.1, 0.15) is 11.0 Å². The van der Waals surface area contributed by atoms with Crippen LogP contribution in [0.15, 0.2) is 34.5 Å². The number of carbonyl (C=O) groups excluding carboxylic acids is 1. The van der Waals surface area contributed by atoms with Gasteiger partial charge in [-0.1, -0.05) is 23.9 Å². The van der Waals surface area contributed by atoms with Gasteiger partial charge in [-0.25, -0.2) is 4.79 Å². The number of carboxylic acids is 2. The third kappa shape index (κ3) is 5.31. The van der Waals surface area contributed by atoms with Gasteiger partial charge in [0.25, 0.3) is 0 Å². The van der Waals surface area contributed by atoms with Crippen LogP contribution >= 0.6 is 11.8 Å². The summed E-state index contributed by atoms with van der Waals surface area (Å²) in [5, 5.41) is 27.2. The van der Waals surface area contributed by atoms with E-state index in [-0.39, 0.29) is 11.6 Å². The van der Waals surface area contributed by atoms with Gasteiger partial charge < -0.3 is 20.3 Å². The number of benzene rings is 1. The van der Waals surface area contributed by atoms with E-state index in [1.54, 1.807) is 24.3 Å². The summed E-state index contributed by atoms with van der Waals surface area (Å²) in [7, 11) is 0. The van der Waals surface area contributed by atoms with Crippen LogP contribution in [0.1, 0.15) is 18.9 Å². The second kappa shape index (κ2) is 8.29. The Balaban J connectivity index is 2.06. The molecule has 1 saturated heterocycles. The second-order valence-corrected chi connectivity index (χ2v) is 6.17. The fourth-order valence-electron chi connectivity index (χ4n) is 1.82. The number of rotatable bonds is 7. The number of thioether (sulfide) groups is 1. The third-order valence-corrected chi connectivity index (χ3v) is 4.12. The smallest absolute Gasteiger partial charge is 0.344 e. The summed E-state index contributed by atoms with van der Waals surface area (Å²) in [6, 6.07) is 6.68. The minimum atomic E-state index is -1.10. The van der Waals surface area contributed by atoms with E-state index in [4.69, 9.17) is 14.9 Å². The van der Waals surface area contributed by atoms with E-state index >= 15 is 0 Å². The van der Waals surface area contributed by atoms with E-state index in [0.29, 0.717) is 11.3 Å². The number of aliphatic carboxylic acids is 2. The molecule has 0 aromatic heterocycles. The monoisotopic (exact) mass is 365 g/mol. The van der Waals surface area contributed by atoms with Crippen molar-refractivity contribution < 1.29 is 29.3 Å². The largest absolute Gasteiger partial charge is 0.481 e. The Morgan fingerprint density at radius 1 is 1.40 bits per heavy atom. The second-order valence-electron chi connectivity index (χ2n) is 4.98. The van der Waals surface area contributed by atoms with Crippen LogP contribution in [0.4, 0.5) is 0 Å². The van der Waals surface area contributed by atoms with E-state index in [9.17, 15) is 14.4 Å². The zero-order valence-corrected chi connectivity index (χ0v) is 13.9. The number of nitrogens with zero attached hydrogens (tertiary/aromatic N) is 2. The van der Waals surface area contributed by atoms with Crippen LogP contribution in [0.25, 0.3) is 0 Å². The lowest BCUT2D eigenvalue weighted by Crippen LogP contribution is -2.26. The number of para-hydroxylation sites is 1. The first-order valence-electron chi connectivity index (χ1n) is 7.15. The molecule has 1 aliphatic heterocycles. The Bertz CT molecular complexity index is 749. The first kappa shape index (κ1) is 18.5. The summed E-state index contributed by atoms with van der Waals surface area (Å²) < 4.78 is 5.33. The van der Waals surface area contributed by atoms with Gasteiger partial charge in [0.15, 0.2) is 11.3 Å². The highest BCUT2D eigenvalue weighted by molar-refractivity contribution is 8.15. The molecule has 2 rings (SSSR count). The molecule has 0 aliphatic carbocycles. The van der Waals surface area contributed by atoms with Crippen molar-refractivity contribution in [3.63, 3.8) is 0 Å². The fraction of sp³-hybridized carbons (Fsp3) is 0.267. The Morgan fingerprint density at radius 2 is 2.12 bits per heavy atom. The van der Waals surface area contributed by atoms with Crippen molar-refractivity contribution >= 4 is 41.0 Å². The van der Waals surface area contributed by atoms with Gasteiger partial charge in [0.05, 0.1) is 12.6 Å². The van der Waals surface area contributed by atoms with Gasteiger partial charge in [-0.3, -0.25) is 9.59 Å². The minimum absolute atomic E-state index is 0.199. The molecule has 1 aliphatic rings. The van der Waals surface area contributed by atoms with Crippen LogP contribution in [0.2, 0.25) is 0 Å². The molecule has 1 fully saturated rings. The molecule has 9 nitrogen and oxygen atoms in total. The molecule has 1 heterocycles. The number of hydrogen-bond donors (Lipinski definition) is 3. The lowest BCUT2D eigenvalue weighted by molar-refractivity contribution is -0.144. The number of carboxylic acid groups (broad SMARTS) is 2. The van der Waals surface area contributed by atoms with E-state index < -0.39 is 29.2 Å². The van der Waals surface area contributed by atoms with Gasteiger partial charge >= 0.3 is 11.9 Å². The Hall–Kier alpha value is -2.88. The Labute approximate surface area is 146 Å². The molecule has 1 aromatic carbocycles. The average molecular weight is 365 g/mol. The molecule has 132 valence electrons. The lowest BCUT2D eigenvalue weighted by Gasteiger charge is -2.11. The van der Waals surface area contributed by atoms with Gasteiger partial charge in [0, 0.05) is 5.56 Å². The molecule has 2 atom stereocenters. The van der Waals surface area contributed by atoms with Gasteiger partial charge in [0.2, 0.25) is 5.91 Å². The molecule has 10 heteroatoms. The van der Waals surface area contributed by atoms with Gasteiger partial charge in [-0.05, 0) is 19.1 Å². The molecule has 0 saturated carbocycles. The predicted molar refractivity (Wildman–Crippen MR) is 91.0 cm³/mol. The molecular formula is C15H15N3O6S. The summed E-state index contributed by atoms with van der Waals surface area (Å²) >= 11 is 0.987. The van der Waals surface area contributed by atoms with Crippen molar-refractivity contribution in [2.24, 2.45) is 10.2 Å². The lowest BCUT2D eigenvalue weighted by atomic mass is 10.2. The molecule has 25 heavy (non-hydrogen) atoms. The van der Waals surface area contributed by atoms with Crippen molar-refractivity contribution in [1.82, 2.24) is 5.32 Å². The molecule has 0 spiro atoms. The summed E-state index contributed by atoms with van der Waals surface area (Å²) in [6.45, 7) is 1.41. The number of amides is 1. The topological polar surface area (TPSA) is 138 Å². The highest BCUT2D eigenvalue weighted by Crippen LogP contribution is 2.22. The van der Waals surface area contributed by atoms with Crippen molar-refractivity contribution in [3.8, 4) is 5.75 Å². The van der Waals surface area contributed by atoms with Crippen LogP contribution < -0.4 is 10.1 Å². The van der Waals surface area contributed by atoms with Crippen LogP contribution in [0.3, 0.4) is 0 Å². The maximum absolute atomic E-state index is 11.6. The van der Waals surface area contributed by atoms with Crippen LogP contribution in [-0.4, -0.2) is 50.8 Å². The van der Waals surface area contributed by atoms with E-state index in [2.05, 4.69) is 15.5 Å². The Morgan fingerprint density at radius 3 is 2.80 bits per heavy atom. The summed E-state index contributed by atoms with van der Waals surface area (Å²) in [5.74, 6) is -2.27. The molecular weight excluding hydrogens is 350 g/mol. The van der Waals surface area contributed by atoms with E-state index in [1.807, 2.05) is 0 Å². The molecule has 3 N–H and O–H groups in total. The minimum Gasteiger partial charge on any atom is -0.481 e. The number of ether oxygens (including phenoxy) is 1. The van der Waals surface area contributed by atoms with Crippen molar-refractivity contribution in [1.29, 1.82) is 0 Å². The highest BCUT2D eigenvalue weighted by Gasteiger charge is 2.32. The third-order valence-electron chi connectivity index (χ3n) is 3.05. The van der Waals surface area contributed by atoms with Gasteiger partial charge in [-0.2, -0.15) is 5.10 Å². The van der Waals surface area contributed by atoms with E-state index in [0.717, 1.165) is 11.8 Å². The quantitative estimate of drug-likeness (QED) is 0.483. The molecule has 0 bridgehead atoms. The standard InChI is InChI=1S/C15H15N3O6S/c1-8(14(22)23)24-10-5-3-2-4-9(10)7-16-18-15-17-13(21)11(25-15)6-12(19)20/h2-5,7-8,11H,6H2,1H3,(H,19,20)(H,22,23)(H,17,18,21). The summed E-state index contributed by atoms with van der Waals surface area (Å²) in [5.41, 5.74) is 0.511. The average Bonchev–Trinajstić information content (AvgIpc) is 2.88. The van der Waals surface area contributed by atoms with Crippen molar-refractivity contribution in [3.05, 3.63) is 29.8 Å². The van der Waals surface area contributed by atoms with Crippen LogP contribution in [-0.2, 0) is 14.4 Å². The fourth-order valence-corrected chi connectivity index (χ4v) is 2.74. The number of nitrogens with one attached hydrogen (secondary N) is 1. The summed E-state index contributed by atoms with van der Waals surface area (Å²) in [6.07, 6.45) is 0.0271.